The van der Waals surface area contributed by atoms with E-state index in [4.69, 9.17) is 0 Å². The Morgan fingerprint density at radius 2 is 1.70 bits per heavy atom. The molecule has 0 bridgehead atoms. The van der Waals surface area contributed by atoms with E-state index in [0.717, 1.165) is 21.8 Å². The number of rotatable bonds is 6. The first kappa shape index (κ1) is 19.3. The first-order chi connectivity index (χ1) is 14.5. The van der Waals surface area contributed by atoms with Crippen molar-refractivity contribution in [2.24, 2.45) is 4.99 Å². The lowest BCUT2D eigenvalue weighted by molar-refractivity contribution is -0.125. The van der Waals surface area contributed by atoms with Gasteiger partial charge in [0.25, 0.3) is 5.91 Å². The van der Waals surface area contributed by atoms with Crippen LogP contribution in [0.15, 0.2) is 77.9 Å². The summed E-state index contributed by atoms with van der Waals surface area (Å²) in [6.07, 6.45) is 2.09. The van der Waals surface area contributed by atoms with Crippen molar-refractivity contribution in [2.75, 3.05) is 11.9 Å². The van der Waals surface area contributed by atoms with Gasteiger partial charge in [0.2, 0.25) is 5.91 Å². The van der Waals surface area contributed by atoms with Crippen LogP contribution in [-0.4, -0.2) is 39.6 Å². The summed E-state index contributed by atoms with van der Waals surface area (Å²) in [5, 5.41) is 2.69. The fraction of sp³-hybridized carbons (Fsp3) is 0.130. The maximum Gasteiger partial charge on any atom is 0.351 e. The van der Waals surface area contributed by atoms with Crippen LogP contribution in [0.4, 0.5) is 10.5 Å². The molecule has 3 aromatic rings. The van der Waals surface area contributed by atoms with Crippen molar-refractivity contribution in [3.8, 4) is 5.69 Å². The van der Waals surface area contributed by atoms with Crippen molar-refractivity contribution in [3.63, 3.8) is 0 Å². The molecule has 1 N–H and O–H groups in total. The van der Waals surface area contributed by atoms with E-state index in [2.05, 4.69) is 10.3 Å². The number of anilines is 1. The predicted octanol–water partition coefficient (Wildman–Crippen LogP) is 3.37. The average Bonchev–Trinajstić information content (AvgIpc) is 3.31. The zero-order valence-corrected chi connectivity index (χ0v) is 16.4. The summed E-state index contributed by atoms with van der Waals surface area (Å²) in [5.74, 6) is -0.996. The first-order valence-corrected chi connectivity index (χ1v) is 9.53. The first-order valence-electron chi connectivity index (χ1n) is 9.53. The van der Waals surface area contributed by atoms with Crippen LogP contribution in [0.5, 0.6) is 0 Å². The Labute approximate surface area is 173 Å². The lowest BCUT2D eigenvalue weighted by atomic mass is 10.2. The molecule has 4 rings (SSSR count). The highest BCUT2D eigenvalue weighted by Gasteiger charge is 2.34. The molecule has 7 heteroatoms. The predicted molar refractivity (Wildman–Crippen MR) is 114 cm³/mol. The number of benzene rings is 2. The highest BCUT2D eigenvalue weighted by atomic mass is 16.2. The number of carbonyl (C=O) groups is 3. The summed E-state index contributed by atoms with van der Waals surface area (Å²) in [6.45, 7) is 1.57. The molecule has 1 aromatic heterocycles. The second-order valence-electron chi connectivity index (χ2n) is 7.03. The topological polar surface area (TPSA) is 83.8 Å². The molecule has 0 saturated heterocycles. The molecule has 7 nitrogen and oxygen atoms in total. The van der Waals surface area contributed by atoms with Crippen LogP contribution >= 0.6 is 0 Å². The normalized spacial score (nSPS) is 13.5. The molecule has 150 valence electrons. The van der Waals surface area contributed by atoms with Gasteiger partial charge in [-0.15, -0.1) is 0 Å². The van der Waals surface area contributed by atoms with Gasteiger partial charge in [-0.25, -0.2) is 9.69 Å². The minimum Gasteiger partial charge on any atom is -0.325 e. The lowest BCUT2D eigenvalue weighted by Gasteiger charge is -2.13. The average molecular weight is 400 g/mol. The van der Waals surface area contributed by atoms with Gasteiger partial charge in [0.15, 0.2) is 0 Å². The fourth-order valence-corrected chi connectivity index (χ4v) is 3.27. The molecule has 1 aliphatic rings. The van der Waals surface area contributed by atoms with Gasteiger partial charge in [-0.2, -0.15) is 4.99 Å². The Hall–Kier alpha value is -4.00. The zero-order valence-electron chi connectivity index (χ0n) is 16.4. The molecule has 2 aromatic carbocycles. The number of urea groups is 1. The molecule has 4 amide bonds. The van der Waals surface area contributed by atoms with E-state index in [1.54, 1.807) is 12.1 Å². The Bertz CT molecular complexity index is 1130. The van der Waals surface area contributed by atoms with E-state index >= 15 is 0 Å². The highest BCUT2D eigenvalue weighted by molar-refractivity contribution is 6.46. The fourth-order valence-electron chi connectivity index (χ4n) is 3.27. The lowest BCUT2D eigenvalue weighted by Crippen LogP contribution is -2.39. The van der Waals surface area contributed by atoms with E-state index in [9.17, 15) is 14.4 Å². The third-order valence-corrected chi connectivity index (χ3v) is 4.81. The van der Waals surface area contributed by atoms with Gasteiger partial charge in [-0.1, -0.05) is 35.9 Å². The second kappa shape index (κ2) is 8.16. The number of carbonyl (C=O) groups excluding carboxylic acids is 3. The molecule has 0 radical (unpaired) electrons. The molecule has 1 aliphatic heterocycles. The van der Waals surface area contributed by atoms with Gasteiger partial charge in [-0.3, -0.25) is 9.59 Å². The van der Waals surface area contributed by atoms with Crippen molar-refractivity contribution >= 4 is 29.2 Å². The van der Waals surface area contributed by atoms with Crippen LogP contribution in [0.1, 0.15) is 11.3 Å². The molecule has 30 heavy (non-hydrogen) atoms. The molecular formula is C23H20N4O3. The van der Waals surface area contributed by atoms with Gasteiger partial charge in [0.1, 0.15) is 12.3 Å². The SMILES string of the molecule is Cc1ccc(NC(=O)CN2C(=O)N=C(Cc3cccn3-c3ccccc3)C2=O)cc1. The van der Waals surface area contributed by atoms with Crippen LogP contribution in [0.3, 0.4) is 0 Å². The molecular weight excluding hydrogens is 380 g/mol. The molecule has 0 aliphatic carbocycles. The highest BCUT2D eigenvalue weighted by Crippen LogP contribution is 2.17. The summed E-state index contributed by atoms with van der Waals surface area (Å²) in [5.41, 5.74) is 3.57. The van der Waals surface area contributed by atoms with Gasteiger partial charge >= 0.3 is 6.03 Å². The number of nitrogens with zero attached hydrogens (tertiary/aromatic N) is 3. The van der Waals surface area contributed by atoms with Crippen LogP contribution in [0.2, 0.25) is 0 Å². The van der Waals surface area contributed by atoms with Crippen molar-refractivity contribution in [3.05, 3.63) is 84.2 Å². The Balaban J connectivity index is 1.43. The van der Waals surface area contributed by atoms with Crippen molar-refractivity contribution in [1.29, 1.82) is 0 Å². The summed E-state index contributed by atoms with van der Waals surface area (Å²) in [4.78, 5) is 42.0. The van der Waals surface area contributed by atoms with Gasteiger partial charge in [-0.05, 0) is 43.3 Å². The number of para-hydroxylation sites is 1. The smallest absolute Gasteiger partial charge is 0.325 e. The summed E-state index contributed by atoms with van der Waals surface area (Å²) in [7, 11) is 0. The Kier molecular flexibility index (Phi) is 5.26. The molecule has 0 saturated carbocycles. The number of hydrogen-bond donors (Lipinski definition) is 1. The number of aromatic nitrogens is 1. The summed E-state index contributed by atoms with van der Waals surface area (Å²) < 4.78 is 1.94. The van der Waals surface area contributed by atoms with Crippen LogP contribution in [-0.2, 0) is 16.0 Å². The Morgan fingerprint density at radius 1 is 0.967 bits per heavy atom. The van der Waals surface area contributed by atoms with Crippen LogP contribution in [0, 0.1) is 6.92 Å². The quantitative estimate of drug-likeness (QED) is 0.689. The monoisotopic (exact) mass is 400 g/mol. The van der Waals surface area contributed by atoms with Crippen molar-refractivity contribution in [1.82, 2.24) is 9.47 Å². The third-order valence-electron chi connectivity index (χ3n) is 4.81. The molecule has 0 fully saturated rings. The minimum absolute atomic E-state index is 0.124. The van der Waals surface area contributed by atoms with Gasteiger partial charge in [0, 0.05) is 29.7 Å². The van der Waals surface area contributed by atoms with Gasteiger partial charge in [0.05, 0.1) is 0 Å². The van der Waals surface area contributed by atoms with E-state index in [1.165, 1.54) is 0 Å². The summed E-state index contributed by atoms with van der Waals surface area (Å²) >= 11 is 0. The maximum absolute atomic E-state index is 12.7. The number of aliphatic imine (C=N–C) groups is 1. The van der Waals surface area contributed by atoms with E-state index in [0.29, 0.717) is 5.69 Å². The molecule has 0 atom stereocenters. The minimum atomic E-state index is -0.716. The molecule has 2 heterocycles. The van der Waals surface area contributed by atoms with Crippen LogP contribution < -0.4 is 5.32 Å². The number of nitrogens with one attached hydrogen (secondary N) is 1. The van der Waals surface area contributed by atoms with Crippen molar-refractivity contribution < 1.29 is 14.4 Å². The number of aryl methyl sites for hydroxylation is 1. The molecule has 0 unspecified atom stereocenters. The number of imide groups is 1. The van der Waals surface area contributed by atoms with E-state index in [-0.39, 0.29) is 18.7 Å². The zero-order chi connectivity index (χ0) is 21.1. The van der Waals surface area contributed by atoms with Crippen LogP contribution in [0.25, 0.3) is 5.69 Å². The van der Waals surface area contributed by atoms with Crippen molar-refractivity contribution in [2.45, 2.75) is 13.3 Å². The van der Waals surface area contributed by atoms with E-state index in [1.807, 2.05) is 72.3 Å². The largest absolute Gasteiger partial charge is 0.351 e. The van der Waals surface area contributed by atoms with E-state index < -0.39 is 17.8 Å². The molecule has 0 spiro atoms. The van der Waals surface area contributed by atoms with Gasteiger partial charge < -0.3 is 9.88 Å². The number of hydrogen-bond acceptors (Lipinski definition) is 3. The third kappa shape index (κ3) is 4.05. The maximum atomic E-state index is 12.7. The standard InChI is InChI=1S/C23H20N4O3/c1-16-9-11-17(12-10-16)24-21(28)15-27-22(29)20(25-23(27)30)14-19-8-5-13-26(19)18-6-3-2-4-7-18/h2-13H,14-15H2,1H3,(H,24,28). The number of amides is 4. The second-order valence-corrected chi connectivity index (χ2v) is 7.03. The summed E-state index contributed by atoms with van der Waals surface area (Å²) in [6, 6.07) is 20.0. The Morgan fingerprint density at radius 3 is 2.43 bits per heavy atom.